The molecule has 0 radical (unpaired) electrons. The van der Waals surface area contributed by atoms with Gasteiger partial charge in [0.15, 0.2) is 5.69 Å². The van der Waals surface area contributed by atoms with Crippen LogP contribution in [-0.2, 0) is 0 Å². The minimum absolute atomic E-state index is 0.0482. The first kappa shape index (κ1) is 14.4. The first-order chi connectivity index (χ1) is 8.62. The van der Waals surface area contributed by atoms with E-state index < -0.39 is 0 Å². The van der Waals surface area contributed by atoms with Crippen LogP contribution in [0.5, 0.6) is 0 Å². The summed E-state index contributed by atoms with van der Waals surface area (Å²) in [6, 6.07) is 3.47. The molecule has 1 unspecified atom stereocenters. The Morgan fingerprint density at radius 1 is 1.39 bits per heavy atom. The van der Waals surface area contributed by atoms with Crippen LogP contribution in [0, 0.1) is 5.92 Å². The van der Waals surface area contributed by atoms with Crippen molar-refractivity contribution in [3.8, 4) is 0 Å². The fourth-order valence-corrected chi connectivity index (χ4v) is 1.60. The molecule has 1 heterocycles. The smallest absolute Gasteiger partial charge is 0.274 e. The lowest BCUT2D eigenvalue weighted by Crippen LogP contribution is -2.35. The number of hydrogen-bond acceptors (Lipinski definition) is 4. The van der Waals surface area contributed by atoms with Crippen molar-refractivity contribution in [1.82, 2.24) is 15.1 Å². The normalized spacial score (nSPS) is 12.0. The van der Waals surface area contributed by atoms with Crippen LogP contribution in [0.4, 0.5) is 5.82 Å². The van der Waals surface area contributed by atoms with Gasteiger partial charge >= 0.3 is 0 Å². The predicted molar refractivity (Wildman–Crippen MR) is 72.6 cm³/mol. The highest BCUT2D eigenvalue weighted by molar-refractivity contribution is 5.92. The van der Waals surface area contributed by atoms with Crippen LogP contribution < -0.4 is 5.32 Å². The summed E-state index contributed by atoms with van der Waals surface area (Å²) < 4.78 is 0. The fraction of sp³-hybridized carbons (Fsp3) is 0.615. The standard InChI is InChI=1S/C13H22N4O/c1-5-10(3)9-17(6-2)13(18)11-7-8-12(14-4)16-15-11/h7-8,10H,5-6,9H2,1-4H3,(H,14,16). The number of hydrogen-bond donors (Lipinski definition) is 1. The van der Waals surface area contributed by atoms with Gasteiger partial charge in [-0.3, -0.25) is 4.79 Å². The van der Waals surface area contributed by atoms with Crippen LogP contribution in [0.15, 0.2) is 12.1 Å². The molecule has 1 amide bonds. The van der Waals surface area contributed by atoms with Crippen molar-refractivity contribution in [1.29, 1.82) is 0 Å². The van der Waals surface area contributed by atoms with E-state index in [1.54, 1.807) is 19.2 Å². The number of anilines is 1. The molecule has 0 aliphatic carbocycles. The fourth-order valence-electron chi connectivity index (χ4n) is 1.60. The average Bonchev–Trinajstić information content (AvgIpc) is 2.43. The molecule has 0 spiro atoms. The first-order valence-electron chi connectivity index (χ1n) is 6.43. The molecule has 18 heavy (non-hydrogen) atoms. The summed E-state index contributed by atoms with van der Waals surface area (Å²) in [5.41, 5.74) is 0.402. The SMILES string of the molecule is CCC(C)CN(CC)C(=O)c1ccc(NC)nn1. The molecule has 1 N–H and O–H groups in total. The van der Waals surface area contributed by atoms with E-state index >= 15 is 0 Å². The molecule has 0 bridgehead atoms. The largest absolute Gasteiger partial charge is 0.372 e. The first-order valence-corrected chi connectivity index (χ1v) is 6.43. The lowest BCUT2D eigenvalue weighted by molar-refractivity contribution is 0.0734. The number of carbonyl (C=O) groups excluding carboxylic acids is 1. The van der Waals surface area contributed by atoms with E-state index in [0.717, 1.165) is 13.0 Å². The summed E-state index contributed by atoms with van der Waals surface area (Å²) in [6.45, 7) is 7.71. The minimum atomic E-state index is -0.0482. The van der Waals surface area contributed by atoms with E-state index in [1.165, 1.54) is 0 Å². The maximum atomic E-state index is 12.2. The van der Waals surface area contributed by atoms with Crippen LogP contribution >= 0.6 is 0 Å². The van der Waals surface area contributed by atoms with Gasteiger partial charge < -0.3 is 10.2 Å². The third-order valence-corrected chi connectivity index (χ3v) is 3.04. The van der Waals surface area contributed by atoms with Crippen LogP contribution in [0.1, 0.15) is 37.7 Å². The number of aromatic nitrogens is 2. The van der Waals surface area contributed by atoms with Crippen molar-refractivity contribution in [3.63, 3.8) is 0 Å². The van der Waals surface area contributed by atoms with Crippen LogP contribution in [0.2, 0.25) is 0 Å². The van der Waals surface area contributed by atoms with Gasteiger partial charge in [-0.1, -0.05) is 20.3 Å². The molecule has 5 heteroatoms. The maximum absolute atomic E-state index is 12.2. The molecule has 0 fully saturated rings. The highest BCUT2D eigenvalue weighted by atomic mass is 16.2. The van der Waals surface area contributed by atoms with Crippen molar-refractivity contribution >= 4 is 11.7 Å². The van der Waals surface area contributed by atoms with Crippen LogP contribution in [0.25, 0.3) is 0 Å². The van der Waals surface area contributed by atoms with Crippen molar-refractivity contribution in [2.45, 2.75) is 27.2 Å². The number of amides is 1. The Hall–Kier alpha value is -1.65. The monoisotopic (exact) mass is 250 g/mol. The van der Waals surface area contributed by atoms with Crippen LogP contribution in [0.3, 0.4) is 0 Å². The number of nitrogens with zero attached hydrogens (tertiary/aromatic N) is 3. The third-order valence-electron chi connectivity index (χ3n) is 3.04. The van der Waals surface area contributed by atoms with E-state index in [-0.39, 0.29) is 5.91 Å². The molecule has 5 nitrogen and oxygen atoms in total. The highest BCUT2D eigenvalue weighted by Crippen LogP contribution is 2.09. The zero-order chi connectivity index (χ0) is 13.5. The van der Waals surface area contributed by atoms with Gasteiger partial charge in [0.25, 0.3) is 5.91 Å². The minimum Gasteiger partial charge on any atom is -0.372 e. The van der Waals surface area contributed by atoms with Gasteiger partial charge in [-0.15, -0.1) is 10.2 Å². The second kappa shape index (κ2) is 6.93. The zero-order valence-corrected chi connectivity index (χ0v) is 11.6. The maximum Gasteiger partial charge on any atom is 0.274 e. The van der Waals surface area contributed by atoms with Crippen molar-refractivity contribution in [3.05, 3.63) is 17.8 Å². The summed E-state index contributed by atoms with van der Waals surface area (Å²) >= 11 is 0. The van der Waals surface area contributed by atoms with Gasteiger partial charge in [0.05, 0.1) is 0 Å². The Kier molecular flexibility index (Phi) is 5.55. The van der Waals surface area contributed by atoms with Gasteiger partial charge in [-0.2, -0.15) is 0 Å². The Bertz CT molecular complexity index is 377. The molecule has 0 saturated heterocycles. The molecular weight excluding hydrogens is 228 g/mol. The molecule has 1 rings (SSSR count). The number of nitrogens with one attached hydrogen (secondary N) is 1. The molecule has 0 aromatic carbocycles. The Labute approximate surface area is 109 Å². The Morgan fingerprint density at radius 2 is 2.11 bits per heavy atom. The average molecular weight is 250 g/mol. The zero-order valence-electron chi connectivity index (χ0n) is 11.6. The lowest BCUT2D eigenvalue weighted by Gasteiger charge is -2.23. The van der Waals surface area contributed by atoms with Gasteiger partial charge in [0.1, 0.15) is 5.82 Å². The van der Waals surface area contributed by atoms with E-state index in [2.05, 4.69) is 29.4 Å². The van der Waals surface area contributed by atoms with Gasteiger partial charge in [0, 0.05) is 20.1 Å². The Balaban J connectivity index is 2.76. The quantitative estimate of drug-likeness (QED) is 0.839. The number of rotatable bonds is 6. The van der Waals surface area contributed by atoms with E-state index in [9.17, 15) is 4.79 Å². The molecule has 0 aliphatic rings. The Morgan fingerprint density at radius 3 is 2.56 bits per heavy atom. The summed E-state index contributed by atoms with van der Waals surface area (Å²) in [4.78, 5) is 14.0. The third kappa shape index (κ3) is 3.68. The van der Waals surface area contributed by atoms with Gasteiger partial charge in [-0.05, 0) is 25.0 Å². The van der Waals surface area contributed by atoms with Gasteiger partial charge in [0.2, 0.25) is 0 Å². The molecule has 0 saturated carbocycles. The lowest BCUT2D eigenvalue weighted by atomic mass is 10.1. The topological polar surface area (TPSA) is 58.1 Å². The molecular formula is C13H22N4O. The van der Waals surface area contributed by atoms with Crippen molar-refractivity contribution < 1.29 is 4.79 Å². The van der Waals surface area contributed by atoms with Crippen molar-refractivity contribution in [2.75, 3.05) is 25.5 Å². The van der Waals surface area contributed by atoms with E-state index in [0.29, 0.717) is 24.0 Å². The van der Waals surface area contributed by atoms with Gasteiger partial charge in [-0.25, -0.2) is 0 Å². The molecule has 100 valence electrons. The summed E-state index contributed by atoms with van der Waals surface area (Å²) in [5, 5.41) is 10.8. The van der Waals surface area contributed by atoms with Crippen LogP contribution in [-0.4, -0.2) is 41.1 Å². The second-order valence-corrected chi connectivity index (χ2v) is 4.41. The molecule has 1 aromatic heterocycles. The number of carbonyl (C=O) groups is 1. The second-order valence-electron chi connectivity index (χ2n) is 4.41. The van der Waals surface area contributed by atoms with E-state index in [4.69, 9.17) is 0 Å². The van der Waals surface area contributed by atoms with E-state index in [1.807, 2.05) is 11.8 Å². The highest BCUT2D eigenvalue weighted by Gasteiger charge is 2.17. The molecule has 0 aliphatic heterocycles. The predicted octanol–water partition coefficient (Wildman–Crippen LogP) is 2.03. The van der Waals surface area contributed by atoms with Crippen molar-refractivity contribution in [2.24, 2.45) is 5.92 Å². The summed E-state index contributed by atoms with van der Waals surface area (Å²) in [6.07, 6.45) is 1.06. The summed E-state index contributed by atoms with van der Waals surface area (Å²) in [5.74, 6) is 1.11. The molecule has 1 atom stereocenters. The summed E-state index contributed by atoms with van der Waals surface area (Å²) in [7, 11) is 1.77. The molecule has 1 aromatic rings.